The number of nitrogens with zero attached hydrogens (tertiary/aromatic N) is 3. The third-order valence-corrected chi connectivity index (χ3v) is 2.56. The number of nitrogens with two attached hydrogens (primary N) is 1. The molecule has 1 atom stereocenters. The molecule has 2 aromatic rings. The van der Waals surface area contributed by atoms with Crippen LogP contribution >= 0.6 is 0 Å². The zero-order chi connectivity index (χ0) is 13.4. The Morgan fingerprint density at radius 3 is 2.22 bits per heavy atom. The maximum Gasteiger partial charge on any atom is 0.154 e. The van der Waals surface area contributed by atoms with Gasteiger partial charge < -0.3 is 5.73 Å². The fraction of sp³-hybridized carbons (Fsp3) is 0.273. The minimum atomic E-state index is -1.04. The molecule has 18 heavy (non-hydrogen) atoms. The summed E-state index contributed by atoms with van der Waals surface area (Å²) < 4.78 is 41.0. The summed E-state index contributed by atoms with van der Waals surface area (Å²) in [5.74, 6) is -3.08. The Morgan fingerprint density at radius 1 is 1.22 bits per heavy atom. The molecular weight excluding hydrogens is 245 g/mol. The van der Waals surface area contributed by atoms with Crippen LogP contribution in [-0.4, -0.2) is 15.0 Å². The second-order valence-electron chi connectivity index (χ2n) is 3.98. The number of aromatic nitrogens is 3. The Balaban J connectivity index is 2.63. The van der Waals surface area contributed by atoms with Crippen LogP contribution < -0.4 is 5.73 Å². The molecule has 2 rings (SSSR count). The zero-order valence-corrected chi connectivity index (χ0v) is 9.78. The maximum atomic E-state index is 13.6. The standard InChI is InChI=1S/C11H11F3N4/c1-5(15)10-6(2)18(17-16-10)11-8(13)3-7(12)4-9(11)14/h3-5H,15H2,1-2H3. The van der Waals surface area contributed by atoms with Crippen molar-refractivity contribution < 1.29 is 13.2 Å². The van der Waals surface area contributed by atoms with E-state index in [0.29, 0.717) is 23.5 Å². The lowest BCUT2D eigenvalue weighted by molar-refractivity contribution is 0.524. The number of benzene rings is 1. The first-order chi connectivity index (χ1) is 8.41. The highest BCUT2D eigenvalue weighted by Crippen LogP contribution is 2.22. The molecule has 0 spiro atoms. The summed E-state index contributed by atoms with van der Waals surface area (Å²) in [6.07, 6.45) is 0. The van der Waals surface area contributed by atoms with Crippen molar-refractivity contribution in [3.8, 4) is 5.69 Å². The van der Waals surface area contributed by atoms with Crippen LogP contribution in [0, 0.1) is 24.4 Å². The predicted octanol–water partition coefficient (Wildman–Crippen LogP) is 2.01. The van der Waals surface area contributed by atoms with Gasteiger partial charge in [0.2, 0.25) is 0 Å². The molecule has 0 radical (unpaired) electrons. The van der Waals surface area contributed by atoms with E-state index in [2.05, 4.69) is 10.3 Å². The molecule has 0 aliphatic carbocycles. The third-order valence-electron chi connectivity index (χ3n) is 2.56. The predicted molar refractivity (Wildman–Crippen MR) is 58.6 cm³/mol. The average Bonchev–Trinajstić information content (AvgIpc) is 2.59. The molecule has 0 saturated heterocycles. The van der Waals surface area contributed by atoms with Gasteiger partial charge in [0.25, 0.3) is 0 Å². The van der Waals surface area contributed by atoms with Crippen molar-refractivity contribution in [2.45, 2.75) is 19.9 Å². The van der Waals surface area contributed by atoms with Gasteiger partial charge in [0.1, 0.15) is 17.2 Å². The highest BCUT2D eigenvalue weighted by Gasteiger charge is 2.19. The highest BCUT2D eigenvalue weighted by molar-refractivity contribution is 5.37. The third kappa shape index (κ3) is 1.97. The van der Waals surface area contributed by atoms with E-state index in [-0.39, 0.29) is 0 Å². The van der Waals surface area contributed by atoms with Crippen molar-refractivity contribution >= 4 is 0 Å². The van der Waals surface area contributed by atoms with Crippen LogP contribution in [-0.2, 0) is 0 Å². The Bertz CT molecular complexity index is 569. The molecular formula is C11H11F3N4. The van der Waals surface area contributed by atoms with E-state index >= 15 is 0 Å². The van der Waals surface area contributed by atoms with Gasteiger partial charge in [-0.15, -0.1) is 5.10 Å². The summed E-state index contributed by atoms with van der Waals surface area (Å²) in [5.41, 5.74) is 6.02. The first kappa shape index (κ1) is 12.6. The van der Waals surface area contributed by atoms with Crippen molar-refractivity contribution in [3.05, 3.63) is 41.0 Å². The van der Waals surface area contributed by atoms with Gasteiger partial charge in [-0.25, -0.2) is 17.9 Å². The Kier molecular flexibility index (Phi) is 3.08. The normalized spacial score (nSPS) is 12.8. The molecule has 0 aliphatic heterocycles. The molecule has 0 fully saturated rings. The number of halogens is 3. The van der Waals surface area contributed by atoms with Gasteiger partial charge >= 0.3 is 0 Å². The van der Waals surface area contributed by atoms with E-state index < -0.39 is 29.2 Å². The topological polar surface area (TPSA) is 56.7 Å². The number of rotatable bonds is 2. The van der Waals surface area contributed by atoms with Crippen molar-refractivity contribution in [1.29, 1.82) is 0 Å². The molecule has 0 amide bonds. The van der Waals surface area contributed by atoms with Crippen LogP contribution in [0.4, 0.5) is 13.2 Å². The molecule has 1 aromatic heterocycles. The highest BCUT2D eigenvalue weighted by atomic mass is 19.1. The molecule has 7 heteroatoms. The molecule has 4 nitrogen and oxygen atoms in total. The van der Waals surface area contributed by atoms with Crippen LogP contribution in [0.15, 0.2) is 12.1 Å². The van der Waals surface area contributed by atoms with Gasteiger partial charge in [0.15, 0.2) is 11.6 Å². The van der Waals surface area contributed by atoms with E-state index in [0.717, 1.165) is 4.68 Å². The van der Waals surface area contributed by atoms with Crippen molar-refractivity contribution in [2.24, 2.45) is 5.73 Å². The SMILES string of the molecule is Cc1c(C(C)N)nnn1-c1c(F)cc(F)cc1F. The summed E-state index contributed by atoms with van der Waals surface area (Å²) in [5, 5.41) is 7.40. The van der Waals surface area contributed by atoms with Crippen LogP contribution in [0.2, 0.25) is 0 Å². The lowest BCUT2D eigenvalue weighted by Crippen LogP contribution is -2.09. The monoisotopic (exact) mass is 256 g/mol. The summed E-state index contributed by atoms with van der Waals surface area (Å²) >= 11 is 0. The Morgan fingerprint density at radius 2 is 1.78 bits per heavy atom. The lowest BCUT2D eigenvalue weighted by Gasteiger charge is -2.07. The molecule has 1 unspecified atom stereocenters. The van der Waals surface area contributed by atoms with Gasteiger partial charge in [0, 0.05) is 18.2 Å². The Hall–Kier alpha value is -1.89. The zero-order valence-electron chi connectivity index (χ0n) is 9.78. The second-order valence-corrected chi connectivity index (χ2v) is 3.98. The molecule has 1 aromatic carbocycles. The minimum Gasteiger partial charge on any atom is -0.323 e. The van der Waals surface area contributed by atoms with Gasteiger partial charge in [-0.2, -0.15) is 0 Å². The smallest absolute Gasteiger partial charge is 0.154 e. The number of hydrogen-bond acceptors (Lipinski definition) is 3. The van der Waals surface area contributed by atoms with Crippen LogP contribution in [0.5, 0.6) is 0 Å². The first-order valence-corrected chi connectivity index (χ1v) is 5.24. The van der Waals surface area contributed by atoms with E-state index in [1.54, 1.807) is 13.8 Å². The summed E-state index contributed by atoms with van der Waals surface area (Å²) in [6, 6.07) is 0.765. The molecule has 0 aliphatic rings. The van der Waals surface area contributed by atoms with Crippen molar-refractivity contribution in [3.63, 3.8) is 0 Å². The largest absolute Gasteiger partial charge is 0.323 e. The van der Waals surface area contributed by atoms with E-state index in [1.807, 2.05) is 0 Å². The van der Waals surface area contributed by atoms with Gasteiger partial charge in [-0.1, -0.05) is 5.21 Å². The molecule has 0 bridgehead atoms. The first-order valence-electron chi connectivity index (χ1n) is 5.24. The molecule has 0 saturated carbocycles. The van der Waals surface area contributed by atoms with E-state index in [4.69, 9.17) is 5.73 Å². The Labute approximate surface area is 101 Å². The van der Waals surface area contributed by atoms with Gasteiger partial charge in [0.05, 0.1) is 5.69 Å². The van der Waals surface area contributed by atoms with Crippen LogP contribution in [0.25, 0.3) is 5.69 Å². The van der Waals surface area contributed by atoms with Gasteiger partial charge in [-0.05, 0) is 13.8 Å². The van der Waals surface area contributed by atoms with Crippen molar-refractivity contribution in [1.82, 2.24) is 15.0 Å². The van der Waals surface area contributed by atoms with Crippen LogP contribution in [0.1, 0.15) is 24.4 Å². The summed E-state index contributed by atoms with van der Waals surface area (Å²) in [4.78, 5) is 0. The molecule has 2 N–H and O–H groups in total. The summed E-state index contributed by atoms with van der Waals surface area (Å²) in [6.45, 7) is 3.26. The maximum absolute atomic E-state index is 13.6. The fourth-order valence-corrected chi connectivity index (χ4v) is 1.71. The van der Waals surface area contributed by atoms with Crippen LogP contribution in [0.3, 0.4) is 0 Å². The molecule has 96 valence electrons. The average molecular weight is 256 g/mol. The minimum absolute atomic E-state index is 0.411. The van der Waals surface area contributed by atoms with Gasteiger partial charge in [-0.3, -0.25) is 0 Å². The summed E-state index contributed by atoms with van der Waals surface area (Å²) in [7, 11) is 0. The quantitative estimate of drug-likeness (QED) is 0.894. The molecule has 1 heterocycles. The van der Waals surface area contributed by atoms with E-state index in [1.165, 1.54) is 0 Å². The van der Waals surface area contributed by atoms with Crippen molar-refractivity contribution in [2.75, 3.05) is 0 Å². The van der Waals surface area contributed by atoms with E-state index in [9.17, 15) is 13.2 Å². The number of hydrogen-bond donors (Lipinski definition) is 1. The fourth-order valence-electron chi connectivity index (χ4n) is 1.71. The lowest BCUT2D eigenvalue weighted by atomic mass is 10.2. The second kappa shape index (κ2) is 4.41.